The second-order valence-corrected chi connectivity index (χ2v) is 6.33. The number of thiazole rings is 1. The molecule has 5 nitrogen and oxygen atoms in total. The van der Waals surface area contributed by atoms with Crippen molar-refractivity contribution < 1.29 is 4.74 Å². The van der Waals surface area contributed by atoms with Crippen LogP contribution in [-0.2, 0) is 11.3 Å². The molecule has 2 aromatic rings. The molecule has 2 aromatic heterocycles. The molecule has 0 aliphatic heterocycles. The fourth-order valence-corrected chi connectivity index (χ4v) is 2.96. The number of rotatable bonds is 6. The number of aromatic nitrogens is 3. The Labute approximate surface area is 114 Å². The normalized spacial score (nSPS) is 11.1. The molecule has 0 aromatic carbocycles. The quantitative estimate of drug-likeness (QED) is 0.884. The number of nitrogens with zero attached hydrogens (tertiary/aromatic N) is 3. The minimum Gasteiger partial charge on any atom is -0.378 e. The Morgan fingerprint density at radius 2 is 2.17 bits per heavy atom. The van der Waals surface area contributed by atoms with Crippen LogP contribution in [0.5, 0.6) is 0 Å². The van der Waals surface area contributed by atoms with Crippen molar-refractivity contribution in [3.63, 3.8) is 0 Å². The fraction of sp³-hybridized carbons (Fsp3) is 0.545. The van der Waals surface area contributed by atoms with Gasteiger partial charge in [0.1, 0.15) is 5.01 Å². The third-order valence-electron chi connectivity index (χ3n) is 2.12. The fourth-order valence-electron chi connectivity index (χ4n) is 1.29. The van der Waals surface area contributed by atoms with Gasteiger partial charge in [0.25, 0.3) is 0 Å². The highest BCUT2D eigenvalue weighted by atomic mass is 32.1. The summed E-state index contributed by atoms with van der Waals surface area (Å²) in [6, 6.07) is 0. The highest BCUT2D eigenvalue weighted by molar-refractivity contribution is 7.23. The maximum absolute atomic E-state index is 5.05. The minimum atomic E-state index is 0.544. The Hall–Kier alpha value is -1.05. The van der Waals surface area contributed by atoms with Crippen molar-refractivity contribution in [3.8, 4) is 9.88 Å². The van der Waals surface area contributed by atoms with E-state index in [1.54, 1.807) is 29.8 Å². The van der Waals surface area contributed by atoms with Crippen LogP contribution in [0.15, 0.2) is 6.20 Å². The zero-order valence-corrected chi connectivity index (χ0v) is 12.3. The van der Waals surface area contributed by atoms with E-state index in [-0.39, 0.29) is 0 Å². The molecule has 0 aliphatic rings. The van der Waals surface area contributed by atoms with Gasteiger partial charge in [-0.3, -0.25) is 0 Å². The maximum Gasteiger partial charge on any atom is 0.206 e. The lowest BCUT2D eigenvalue weighted by molar-refractivity contribution is 0.184. The summed E-state index contributed by atoms with van der Waals surface area (Å²) < 4.78 is 5.05. The maximum atomic E-state index is 5.05. The van der Waals surface area contributed by atoms with Crippen LogP contribution >= 0.6 is 22.7 Å². The summed E-state index contributed by atoms with van der Waals surface area (Å²) in [7, 11) is 1.67. The molecule has 0 aliphatic carbocycles. The van der Waals surface area contributed by atoms with Gasteiger partial charge in [0.15, 0.2) is 5.01 Å². The van der Waals surface area contributed by atoms with Crippen LogP contribution in [-0.4, -0.2) is 28.8 Å². The van der Waals surface area contributed by atoms with E-state index in [4.69, 9.17) is 4.74 Å². The van der Waals surface area contributed by atoms with Crippen LogP contribution < -0.4 is 5.32 Å². The topological polar surface area (TPSA) is 59.9 Å². The number of ether oxygens (including phenoxy) is 1. The molecule has 0 atom stereocenters. The molecule has 0 unspecified atom stereocenters. The third kappa shape index (κ3) is 3.47. The lowest BCUT2D eigenvalue weighted by Crippen LogP contribution is -2.07. The molecule has 0 amide bonds. The monoisotopic (exact) mass is 284 g/mol. The molecule has 7 heteroatoms. The van der Waals surface area contributed by atoms with Gasteiger partial charge in [-0.1, -0.05) is 25.2 Å². The first-order valence-electron chi connectivity index (χ1n) is 5.70. The van der Waals surface area contributed by atoms with Crippen LogP contribution in [0.3, 0.4) is 0 Å². The van der Waals surface area contributed by atoms with Gasteiger partial charge < -0.3 is 10.1 Å². The van der Waals surface area contributed by atoms with Gasteiger partial charge >= 0.3 is 0 Å². The van der Waals surface area contributed by atoms with Crippen LogP contribution in [0.1, 0.15) is 18.9 Å². The number of methoxy groups -OCH3 is 1. The van der Waals surface area contributed by atoms with Gasteiger partial charge in [0.2, 0.25) is 5.13 Å². The second-order valence-electron chi connectivity index (χ2n) is 4.24. The van der Waals surface area contributed by atoms with Gasteiger partial charge in [0, 0.05) is 19.9 Å². The van der Waals surface area contributed by atoms with E-state index in [0.29, 0.717) is 12.5 Å². The van der Waals surface area contributed by atoms with Gasteiger partial charge in [-0.15, -0.1) is 21.5 Å². The van der Waals surface area contributed by atoms with E-state index < -0.39 is 0 Å². The first-order valence-corrected chi connectivity index (χ1v) is 7.33. The Morgan fingerprint density at radius 3 is 2.89 bits per heavy atom. The molecule has 0 bridgehead atoms. The molecule has 0 spiro atoms. The van der Waals surface area contributed by atoms with E-state index in [1.807, 2.05) is 6.20 Å². The zero-order chi connectivity index (χ0) is 13.0. The molecular formula is C11H16N4OS2. The number of hydrogen-bond donors (Lipinski definition) is 1. The van der Waals surface area contributed by atoms with Crippen molar-refractivity contribution in [3.05, 3.63) is 11.2 Å². The highest BCUT2D eigenvalue weighted by Gasteiger charge is 2.10. The summed E-state index contributed by atoms with van der Waals surface area (Å²) >= 11 is 3.15. The van der Waals surface area contributed by atoms with E-state index in [1.165, 1.54) is 0 Å². The van der Waals surface area contributed by atoms with Crippen molar-refractivity contribution >= 4 is 27.8 Å². The molecule has 98 valence electrons. The van der Waals surface area contributed by atoms with Crippen molar-refractivity contribution in [2.24, 2.45) is 5.92 Å². The zero-order valence-electron chi connectivity index (χ0n) is 10.6. The summed E-state index contributed by atoms with van der Waals surface area (Å²) in [4.78, 5) is 5.32. The molecule has 1 N–H and O–H groups in total. The van der Waals surface area contributed by atoms with Crippen molar-refractivity contribution in [2.75, 3.05) is 19.0 Å². The van der Waals surface area contributed by atoms with E-state index in [2.05, 4.69) is 34.3 Å². The summed E-state index contributed by atoms with van der Waals surface area (Å²) in [6.07, 6.45) is 1.83. The largest absolute Gasteiger partial charge is 0.378 e. The summed E-state index contributed by atoms with van der Waals surface area (Å²) in [5, 5.41) is 14.3. The molecule has 2 rings (SSSR count). The Balaban J connectivity index is 2.04. The molecule has 0 radical (unpaired) electrons. The third-order valence-corrected chi connectivity index (χ3v) is 4.14. The number of anilines is 1. The van der Waals surface area contributed by atoms with Gasteiger partial charge in [-0.25, -0.2) is 4.98 Å². The van der Waals surface area contributed by atoms with Gasteiger partial charge in [0.05, 0.1) is 11.5 Å². The van der Waals surface area contributed by atoms with Crippen LogP contribution in [0.2, 0.25) is 0 Å². The summed E-state index contributed by atoms with van der Waals surface area (Å²) in [5.41, 5.74) is 0. The molecule has 0 fully saturated rings. The van der Waals surface area contributed by atoms with Crippen LogP contribution in [0.4, 0.5) is 5.13 Å². The minimum absolute atomic E-state index is 0.544. The predicted molar refractivity (Wildman–Crippen MR) is 75.1 cm³/mol. The summed E-state index contributed by atoms with van der Waals surface area (Å²) in [6.45, 7) is 5.78. The van der Waals surface area contributed by atoms with E-state index in [9.17, 15) is 0 Å². The highest BCUT2D eigenvalue weighted by Crippen LogP contribution is 2.30. The summed E-state index contributed by atoms with van der Waals surface area (Å²) in [5.74, 6) is 0.592. The van der Waals surface area contributed by atoms with Crippen LogP contribution in [0.25, 0.3) is 9.88 Å². The average Bonchev–Trinajstić information content (AvgIpc) is 2.94. The van der Waals surface area contributed by atoms with Crippen LogP contribution in [0, 0.1) is 5.92 Å². The van der Waals surface area contributed by atoms with Gasteiger partial charge in [-0.05, 0) is 5.92 Å². The smallest absolute Gasteiger partial charge is 0.206 e. The molecule has 2 heterocycles. The van der Waals surface area contributed by atoms with Crippen molar-refractivity contribution in [1.29, 1.82) is 0 Å². The average molecular weight is 284 g/mol. The molecule has 0 saturated heterocycles. The van der Waals surface area contributed by atoms with E-state index in [0.717, 1.165) is 26.6 Å². The first kappa shape index (κ1) is 13.4. The first-order chi connectivity index (χ1) is 8.69. The Bertz CT molecular complexity index is 495. The lowest BCUT2D eigenvalue weighted by Gasteiger charge is -2.03. The number of nitrogens with one attached hydrogen (secondary N) is 1. The Morgan fingerprint density at radius 1 is 1.33 bits per heavy atom. The lowest BCUT2D eigenvalue weighted by atomic mass is 10.2. The van der Waals surface area contributed by atoms with Crippen molar-refractivity contribution in [1.82, 2.24) is 15.2 Å². The van der Waals surface area contributed by atoms with Gasteiger partial charge in [-0.2, -0.15) is 0 Å². The standard InChI is InChI=1S/C11H16N4OS2/c1-7(2)4-13-11-15-14-10(18-11)8-5-12-9(17-8)6-16-3/h5,7H,4,6H2,1-3H3,(H,13,15). The Kier molecular flexibility index (Phi) is 4.62. The van der Waals surface area contributed by atoms with Crippen molar-refractivity contribution in [2.45, 2.75) is 20.5 Å². The molecule has 18 heavy (non-hydrogen) atoms. The SMILES string of the molecule is COCc1ncc(-c2nnc(NCC(C)C)s2)s1. The molecule has 0 saturated carbocycles. The number of hydrogen-bond acceptors (Lipinski definition) is 7. The second kappa shape index (κ2) is 6.21. The predicted octanol–water partition coefficient (Wildman–Crippen LogP) is 2.88. The molecular weight excluding hydrogens is 268 g/mol. The van der Waals surface area contributed by atoms with E-state index >= 15 is 0 Å².